The molecule has 0 spiro atoms. The number of carbonyl (C=O) groups excluding carboxylic acids is 2. The van der Waals surface area contributed by atoms with E-state index < -0.39 is 19.8 Å². The van der Waals surface area contributed by atoms with Gasteiger partial charge in [0.15, 0.2) is 0 Å². The van der Waals surface area contributed by atoms with Crippen molar-refractivity contribution in [2.75, 3.05) is 12.9 Å². The molecule has 0 saturated heterocycles. The lowest BCUT2D eigenvalue weighted by molar-refractivity contribution is -0.129. The zero-order valence-electron chi connectivity index (χ0n) is 14.5. The third-order valence-corrected chi connectivity index (χ3v) is 5.33. The van der Waals surface area contributed by atoms with Gasteiger partial charge in [-0.05, 0) is 31.0 Å². The normalized spacial score (nSPS) is 14.6. The molecule has 2 N–H and O–H groups in total. The van der Waals surface area contributed by atoms with Gasteiger partial charge in [-0.25, -0.2) is 0 Å². The van der Waals surface area contributed by atoms with Gasteiger partial charge in [0.2, 0.25) is 5.91 Å². The Bertz CT molecular complexity index is 620. The summed E-state index contributed by atoms with van der Waals surface area (Å²) in [6.07, 6.45) is 1.22. The Morgan fingerprint density at radius 3 is 2.48 bits per heavy atom. The summed E-state index contributed by atoms with van der Waals surface area (Å²) in [6.45, 7) is 3.62. The fraction of sp³-hybridized carbons (Fsp3) is 0.529. The van der Waals surface area contributed by atoms with Gasteiger partial charge in [0.1, 0.15) is 12.1 Å². The van der Waals surface area contributed by atoms with Crippen LogP contribution >= 0.6 is 23.5 Å². The number of hydrogen-bond donors (Lipinski definition) is 2. The summed E-state index contributed by atoms with van der Waals surface area (Å²) in [4.78, 5) is 34.1. The number of rotatable bonds is 11. The lowest BCUT2D eigenvalue weighted by Gasteiger charge is -2.17. The highest BCUT2D eigenvalue weighted by Gasteiger charge is 2.25. The van der Waals surface area contributed by atoms with Crippen LogP contribution in [0.25, 0.3) is 0 Å². The molecule has 6 nitrogen and oxygen atoms in total. The smallest absolute Gasteiger partial charge is 0.344 e. The number of amides is 1. The van der Waals surface area contributed by atoms with E-state index in [1.807, 2.05) is 31.2 Å². The molecule has 0 saturated carbocycles. The molecular formula is C17H25BrNO5P. The molecule has 2 atom stereocenters. The third-order valence-electron chi connectivity index (χ3n) is 3.58. The average Bonchev–Trinajstić information content (AvgIpc) is 2.54. The fourth-order valence-electron chi connectivity index (χ4n) is 2.42. The fourth-order valence-corrected chi connectivity index (χ4v) is 3.54. The van der Waals surface area contributed by atoms with Crippen molar-refractivity contribution in [3.8, 4) is 0 Å². The molecule has 1 amide bonds. The number of carbonyl (C=O) groups is 2. The minimum atomic E-state index is -3.82. The van der Waals surface area contributed by atoms with Crippen molar-refractivity contribution in [2.45, 2.75) is 39.5 Å². The van der Waals surface area contributed by atoms with Crippen molar-refractivity contribution >= 4 is 35.2 Å². The highest BCUT2D eigenvalue weighted by molar-refractivity contribution is 9.10. The molecule has 0 aliphatic rings. The van der Waals surface area contributed by atoms with E-state index in [1.54, 1.807) is 6.92 Å². The molecule has 140 valence electrons. The van der Waals surface area contributed by atoms with Crippen LogP contribution in [0.2, 0.25) is 0 Å². The molecule has 0 aliphatic carbocycles. The van der Waals surface area contributed by atoms with Gasteiger partial charge >= 0.3 is 7.60 Å². The molecule has 1 unspecified atom stereocenters. The Balaban J connectivity index is 2.59. The van der Waals surface area contributed by atoms with Gasteiger partial charge in [-0.1, -0.05) is 41.4 Å². The van der Waals surface area contributed by atoms with Crippen LogP contribution in [-0.4, -0.2) is 29.5 Å². The van der Waals surface area contributed by atoms with E-state index in [1.165, 1.54) is 0 Å². The van der Waals surface area contributed by atoms with Crippen molar-refractivity contribution in [1.29, 1.82) is 0 Å². The summed E-state index contributed by atoms with van der Waals surface area (Å²) in [5.74, 6) is -0.928. The van der Waals surface area contributed by atoms with Crippen molar-refractivity contribution in [3.63, 3.8) is 0 Å². The standard InChI is InChI=1S/C17H25BrNO5P/c1-3-5-14(17(21)19-12-25(22,23)24-4-2)11-16(20)10-13-6-8-15(18)9-7-13/h6-9,14H,3-5,10-12H2,1-2H3,(H,19,21)(H,22,23)/t14-/m1/s1. The Hall–Kier alpha value is -1.01. The van der Waals surface area contributed by atoms with Crippen LogP contribution in [0.3, 0.4) is 0 Å². The third kappa shape index (κ3) is 8.77. The van der Waals surface area contributed by atoms with Crippen LogP contribution in [0.1, 0.15) is 38.7 Å². The summed E-state index contributed by atoms with van der Waals surface area (Å²) in [5.41, 5.74) is 0.889. The SMILES string of the molecule is CCC[C@H](CC(=O)Cc1ccc(Br)cc1)C(=O)NCP(=O)(O)OCC. The molecule has 1 aromatic carbocycles. The number of benzene rings is 1. The predicted molar refractivity (Wildman–Crippen MR) is 100 cm³/mol. The maximum Gasteiger partial charge on any atom is 0.347 e. The van der Waals surface area contributed by atoms with Gasteiger partial charge in [0.05, 0.1) is 6.61 Å². The van der Waals surface area contributed by atoms with Crippen LogP contribution in [0, 0.1) is 5.92 Å². The lowest BCUT2D eigenvalue weighted by atomic mass is 9.94. The second kappa shape index (κ2) is 10.9. The van der Waals surface area contributed by atoms with Crippen molar-refractivity contribution in [3.05, 3.63) is 34.3 Å². The van der Waals surface area contributed by atoms with Crippen LogP contribution in [0.4, 0.5) is 0 Å². The summed E-state index contributed by atoms with van der Waals surface area (Å²) in [5, 5.41) is 2.43. The number of halogens is 1. The first kappa shape index (κ1) is 22.0. The maximum atomic E-state index is 12.3. The Labute approximate surface area is 157 Å². The first-order chi connectivity index (χ1) is 11.8. The zero-order valence-corrected chi connectivity index (χ0v) is 17.0. The molecule has 0 fully saturated rings. The van der Waals surface area contributed by atoms with E-state index in [-0.39, 0.29) is 31.1 Å². The molecule has 0 aromatic heterocycles. The highest BCUT2D eigenvalue weighted by Crippen LogP contribution is 2.40. The minimum absolute atomic E-state index is 0.0343. The number of hydrogen-bond acceptors (Lipinski definition) is 4. The Morgan fingerprint density at radius 2 is 1.92 bits per heavy atom. The van der Waals surface area contributed by atoms with E-state index in [2.05, 4.69) is 21.2 Å². The molecule has 0 heterocycles. The second-order valence-corrected chi connectivity index (χ2v) is 8.55. The molecule has 8 heteroatoms. The zero-order chi connectivity index (χ0) is 18.9. The largest absolute Gasteiger partial charge is 0.347 e. The van der Waals surface area contributed by atoms with Crippen molar-refractivity contribution in [1.82, 2.24) is 5.32 Å². The molecule has 0 radical (unpaired) electrons. The molecule has 1 rings (SSSR count). The number of ketones is 1. The van der Waals surface area contributed by atoms with Crippen molar-refractivity contribution in [2.24, 2.45) is 5.92 Å². The van der Waals surface area contributed by atoms with Crippen molar-refractivity contribution < 1.29 is 23.6 Å². The highest BCUT2D eigenvalue weighted by atomic mass is 79.9. The number of nitrogens with one attached hydrogen (secondary N) is 1. The van der Waals surface area contributed by atoms with Gasteiger partial charge in [0.25, 0.3) is 0 Å². The van der Waals surface area contributed by atoms with E-state index in [0.717, 1.165) is 16.5 Å². The van der Waals surface area contributed by atoms with Crippen LogP contribution in [0.15, 0.2) is 28.7 Å². The Morgan fingerprint density at radius 1 is 1.28 bits per heavy atom. The topological polar surface area (TPSA) is 92.7 Å². The summed E-state index contributed by atoms with van der Waals surface area (Å²) < 4.78 is 17.3. The van der Waals surface area contributed by atoms with Gasteiger partial charge < -0.3 is 14.7 Å². The monoisotopic (exact) mass is 433 g/mol. The second-order valence-electron chi connectivity index (χ2n) is 5.79. The van der Waals surface area contributed by atoms with Crippen LogP contribution < -0.4 is 5.32 Å². The Kier molecular flexibility index (Phi) is 9.57. The molecular weight excluding hydrogens is 409 g/mol. The van der Waals surface area contributed by atoms with Gasteiger partial charge in [-0.2, -0.15) is 0 Å². The van der Waals surface area contributed by atoms with Crippen LogP contribution in [-0.2, 0) is 25.1 Å². The average molecular weight is 434 g/mol. The van der Waals surface area contributed by atoms with Gasteiger partial charge in [-0.15, -0.1) is 0 Å². The first-order valence-corrected chi connectivity index (χ1v) is 10.8. The molecule has 0 bridgehead atoms. The molecule has 25 heavy (non-hydrogen) atoms. The molecule has 1 aromatic rings. The summed E-state index contributed by atoms with van der Waals surface area (Å²) >= 11 is 3.34. The minimum Gasteiger partial charge on any atom is -0.344 e. The maximum absolute atomic E-state index is 12.3. The van der Waals surface area contributed by atoms with E-state index >= 15 is 0 Å². The van der Waals surface area contributed by atoms with Gasteiger partial charge in [0, 0.05) is 23.2 Å². The lowest BCUT2D eigenvalue weighted by Crippen LogP contribution is -2.33. The van der Waals surface area contributed by atoms with E-state index in [0.29, 0.717) is 6.42 Å². The van der Waals surface area contributed by atoms with E-state index in [4.69, 9.17) is 4.52 Å². The van der Waals surface area contributed by atoms with E-state index in [9.17, 15) is 19.0 Å². The predicted octanol–water partition coefficient (Wildman–Crippen LogP) is 3.66. The molecule has 0 aliphatic heterocycles. The number of Topliss-reactive ketones (excluding diaryl/α,β-unsaturated/α-hetero) is 1. The first-order valence-electron chi connectivity index (χ1n) is 8.27. The van der Waals surface area contributed by atoms with Gasteiger partial charge in [-0.3, -0.25) is 14.2 Å². The summed E-state index contributed by atoms with van der Waals surface area (Å²) in [7, 11) is -3.82. The van der Waals surface area contributed by atoms with Crippen LogP contribution in [0.5, 0.6) is 0 Å². The quantitative estimate of drug-likeness (QED) is 0.519. The summed E-state index contributed by atoms with van der Waals surface area (Å²) in [6, 6.07) is 7.46.